The maximum absolute atomic E-state index is 12.5. The van der Waals surface area contributed by atoms with Gasteiger partial charge in [-0.2, -0.15) is 5.10 Å². The maximum atomic E-state index is 12.5. The first kappa shape index (κ1) is 20.6. The first-order valence-corrected chi connectivity index (χ1v) is 9.81. The molecule has 0 amide bonds. The van der Waals surface area contributed by atoms with Gasteiger partial charge in [-0.1, -0.05) is 30.3 Å². The first-order chi connectivity index (χ1) is 14.7. The van der Waals surface area contributed by atoms with Gasteiger partial charge in [-0.05, 0) is 31.2 Å². The third kappa shape index (κ3) is 4.29. The van der Waals surface area contributed by atoms with Gasteiger partial charge in [-0.25, -0.2) is 14.5 Å². The average Bonchev–Trinajstić information content (AvgIpc) is 3.33. The standard InChI is InChI=1S/C21H14F3N3O3S/c1-12-17(13-5-3-2-4-6-13)26-27(20-25-16(11-31-20)19(28)29)18(12)14-7-9-15(10-8-14)30-21(22,23)24/h2-11H,1H3,(H,28,29). The molecule has 0 aliphatic rings. The lowest BCUT2D eigenvalue weighted by atomic mass is 10.0. The Morgan fingerprint density at radius 3 is 2.32 bits per heavy atom. The van der Waals surface area contributed by atoms with Gasteiger partial charge in [0.15, 0.2) is 5.69 Å². The van der Waals surface area contributed by atoms with Crippen LogP contribution in [0.3, 0.4) is 0 Å². The molecule has 0 saturated carbocycles. The molecule has 0 unspecified atom stereocenters. The largest absolute Gasteiger partial charge is 0.573 e. The number of benzene rings is 2. The second-order valence-electron chi connectivity index (χ2n) is 6.49. The monoisotopic (exact) mass is 445 g/mol. The average molecular weight is 445 g/mol. The Morgan fingerprint density at radius 2 is 1.74 bits per heavy atom. The number of rotatable bonds is 5. The minimum atomic E-state index is -4.78. The zero-order valence-corrected chi connectivity index (χ0v) is 16.7. The number of aromatic carboxylic acids is 1. The van der Waals surface area contributed by atoms with Gasteiger partial charge in [0.1, 0.15) is 5.75 Å². The van der Waals surface area contributed by atoms with E-state index in [0.29, 0.717) is 22.1 Å². The first-order valence-electron chi connectivity index (χ1n) is 8.93. The molecule has 2 heterocycles. The maximum Gasteiger partial charge on any atom is 0.573 e. The summed E-state index contributed by atoms with van der Waals surface area (Å²) in [6.45, 7) is 1.84. The summed E-state index contributed by atoms with van der Waals surface area (Å²) in [6.07, 6.45) is -4.78. The zero-order valence-electron chi connectivity index (χ0n) is 15.9. The predicted octanol–water partition coefficient (Wildman–Crippen LogP) is 5.57. The lowest BCUT2D eigenvalue weighted by Gasteiger charge is -2.10. The van der Waals surface area contributed by atoms with Crippen LogP contribution in [0.4, 0.5) is 13.2 Å². The van der Waals surface area contributed by atoms with Crippen LogP contribution in [0.1, 0.15) is 16.1 Å². The molecule has 4 rings (SSSR count). The summed E-state index contributed by atoms with van der Waals surface area (Å²) in [7, 11) is 0. The predicted molar refractivity (Wildman–Crippen MR) is 108 cm³/mol. The van der Waals surface area contributed by atoms with E-state index in [0.717, 1.165) is 22.5 Å². The van der Waals surface area contributed by atoms with Gasteiger partial charge in [0.05, 0.1) is 11.4 Å². The lowest BCUT2D eigenvalue weighted by molar-refractivity contribution is -0.274. The zero-order chi connectivity index (χ0) is 22.2. The Balaban J connectivity index is 1.85. The molecule has 2 aromatic heterocycles. The number of carboxylic acid groups (broad SMARTS) is 1. The third-order valence-electron chi connectivity index (χ3n) is 4.42. The molecule has 6 nitrogen and oxygen atoms in total. The van der Waals surface area contributed by atoms with Crippen LogP contribution >= 0.6 is 11.3 Å². The lowest BCUT2D eigenvalue weighted by Crippen LogP contribution is -2.16. The van der Waals surface area contributed by atoms with Crippen molar-refractivity contribution in [3.8, 4) is 33.4 Å². The molecule has 31 heavy (non-hydrogen) atoms. The van der Waals surface area contributed by atoms with Gasteiger partial charge < -0.3 is 9.84 Å². The van der Waals surface area contributed by atoms with Crippen LogP contribution in [0.5, 0.6) is 5.75 Å². The molecule has 0 fully saturated rings. The number of hydrogen-bond acceptors (Lipinski definition) is 5. The molecule has 1 N–H and O–H groups in total. The Kier molecular flexibility index (Phi) is 5.24. The molecule has 0 bridgehead atoms. The normalized spacial score (nSPS) is 11.5. The van der Waals surface area contributed by atoms with E-state index in [1.54, 1.807) is 0 Å². The SMILES string of the molecule is Cc1c(-c2ccccc2)nn(-c2nc(C(=O)O)cs2)c1-c1ccc(OC(F)(F)F)cc1. The topological polar surface area (TPSA) is 77.2 Å². The molecule has 10 heteroatoms. The summed E-state index contributed by atoms with van der Waals surface area (Å²) in [4.78, 5) is 15.4. The van der Waals surface area contributed by atoms with Crippen molar-refractivity contribution in [3.63, 3.8) is 0 Å². The molecule has 4 aromatic rings. The van der Waals surface area contributed by atoms with Crippen molar-refractivity contribution in [2.75, 3.05) is 0 Å². The third-order valence-corrected chi connectivity index (χ3v) is 5.24. The van der Waals surface area contributed by atoms with Crippen molar-refractivity contribution in [3.05, 3.63) is 71.2 Å². The fourth-order valence-electron chi connectivity index (χ4n) is 3.12. The van der Waals surface area contributed by atoms with E-state index in [1.807, 2.05) is 37.3 Å². The summed E-state index contributed by atoms with van der Waals surface area (Å²) in [5, 5.41) is 15.6. The highest BCUT2D eigenvalue weighted by atomic mass is 32.1. The molecule has 0 atom stereocenters. The summed E-state index contributed by atoms with van der Waals surface area (Å²) in [5.74, 6) is -1.50. The Labute approximate surface area is 178 Å². The van der Waals surface area contributed by atoms with Gasteiger partial charge in [0.2, 0.25) is 5.13 Å². The number of nitrogens with zero attached hydrogens (tertiary/aromatic N) is 3. The fraction of sp³-hybridized carbons (Fsp3) is 0.0952. The smallest absolute Gasteiger partial charge is 0.476 e. The van der Waals surface area contributed by atoms with Crippen LogP contribution in [0.2, 0.25) is 0 Å². The molecule has 2 aromatic carbocycles. The number of aromatic nitrogens is 3. The van der Waals surface area contributed by atoms with E-state index in [-0.39, 0.29) is 11.4 Å². The minimum Gasteiger partial charge on any atom is -0.476 e. The van der Waals surface area contributed by atoms with Crippen molar-refractivity contribution >= 4 is 17.3 Å². The van der Waals surface area contributed by atoms with Crippen LogP contribution in [0.25, 0.3) is 27.6 Å². The van der Waals surface area contributed by atoms with E-state index in [9.17, 15) is 23.1 Å². The van der Waals surface area contributed by atoms with Crippen LogP contribution < -0.4 is 4.74 Å². The molecule has 0 aliphatic carbocycles. The van der Waals surface area contributed by atoms with Gasteiger partial charge >= 0.3 is 12.3 Å². The summed E-state index contributed by atoms with van der Waals surface area (Å²) in [6, 6.07) is 14.8. The van der Waals surface area contributed by atoms with E-state index in [1.165, 1.54) is 34.3 Å². The van der Waals surface area contributed by atoms with Crippen LogP contribution in [-0.4, -0.2) is 32.2 Å². The second kappa shape index (κ2) is 7.88. The number of thiazole rings is 1. The van der Waals surface area contributed by atoms with Gasteiger partial charge in [0.25, 0.3) is 0 Å². The Bertz CT molecular complexity index is 1230. The van der Waals surface area contributed by atoms with Crippen molar-refractivity contribution in [2.24, 2.45) is 0 Å². The Morgan fingerprint density at radius 1 is 1.06 bits per heavy atom. The van der Waals surface area contributed by atoms with Crippen LogP contribution in [0, 0.1) is 6.92 Å². The van der Waals surface area contributed by atoms with E-state index in [2.05, 4.69) is 14.8 Å². The Hall–Kier alpha value is -3.66. The highest BCUT2D eigenvalue weighted by molar-refractivity contribution is 7.12. The fourth-order valence-corrected chi connectivity index (χ4v) is 3.87. The molecule has 0 saturated heterocycles. The molecular formula is C21H14F3N3O3S. The number of halogens is 3. The minimum absolute atomic E-state index is 0.116. The molecule has 0 aliphatic heterocycles. The highest BCUT2D eigenvalue weighted by Gasteiger charge is 2.31. The second-order valence-corrected chi connectivity index (χ2v) is 7.33. The molecule has 0 spiro atoms. The van der Waals surface area contributed by atoms with Crippen LogP contribution in [-0.2, 0) is 0 Å². The summed E-state index contributed by atoms with van der Waals surface area (Å²) < 4.78 is 42.9. The van der Waals surface area contributed by atoms with Crippen molar-refractivity contribution < 1.29 is 27.8 Å². The van der Waals surface area contributed by atoms with E-state index < -0.39 is 12.3 Å². The van der Waals surface area contributed by atoms with Gasteiger partial charge in [-0.15, -0.1) is 24.5 Å². The van der Waals surface area contributed by atoms with Gasteiger partial charge in [0, 0.05) is 22.1 Å². The molecular weight excluding hydrogens is 431 g/mol. The molecule has 0 radical (unpaired) electrons. The number of hydrogen-bond donors (Lipinski definition) is 1. The van der Waals surface area contributed by atoms with Gasteiger partial charge in [-0.3, -0.25) is 0 Å². The quantitative estimate of drug-likeness (QED) is 0.435. The highest BCUT2D eigenvalue weighted by Crippen LogP contribution is 2.35. The van der Waals surface area contributed by atoms with Crippen molar-refractivity contribution in [2.45, 2.75) is 13.3 Å². The van der Waals surface area contributed by atoms with E-state index >= 15 is 0 Å². The number of alkyl halides is 3. The summed E-state index contributed by atoms with van der Waals surface area (Å²) in [5.41, 5.74) is 3.31. The summed E-state index contributed by atoms with van der Waals surface area (Å²) >= 11 is 1.10. The van der Waals surface area contributed by atoms with Crippen molar-refractivity contribution in [1.29, 1.82) is 0 Å². The number of carboxylic acids is 1. The number of carbonyl (C=O) groups is 1. The van der Waals surface area contributed by atoms with Crippen molar-refractivity contribution in [1.82, 2.24) is 14.8 Å². The van der Waals surface area contributed by atoms with E-state index in [4.69, 9.17) is 0 Å². The number of ether oxygens (including phenoxy) is 1. The molecule has 158 valence electrons. The van der Waals surface area contributed by atoms with Crippen LogP contribution in [0.15, 0.2) is 60.0 Å².